The van der Waals surface area contributed by atoms with E-state index in [9.17, 15) is 0 Å². The zero-order chi connectivity index (χ0) is 12.9. The molecule has 98 valence electrons. The molecule has 19 heavy (non-hydrogen) atoms. The Hall–Kier alpha value is -1.87. The van der Waals surface area contributed by atoms with Gasteiger partial charge in [-0.1, -0.05) is 18.2 Å². The number of nitrogens with zero attached hydrogens (tertiary/aromatic N) is 2. The molecule has 1 aliphatic heterocycles. The van der Waals surface area contributed by atoms with Crippen molar-refractivity contribution in [2.24, 2.45) is 0 Å². The number of pyridine rings is 1. The van der Waals surface area contributed by atoms with E-state index in [-0.39, 0.29) is 0 Å². The molecule has 3 rings (SSSR count). The summed E-state index contributed by atoms with van der Waals surface area (Å²) in [6.07, 6.45) is 4.93. The molecule has 0 saturated carbocycles. The highest BCUT2D eigenvalue weighted by molar-refractivity contribution is 5.65. The van der Waals surface area contributed by atoms with Crippen LogP contribution in [0.15, 0.2) is 48.8 Å². The van der Waals surface area contributed by atoms with Crippen LogP contribution < -0.4 is 10.2 Å². The van der Waals surface area contributed by atoms with E-state index in [4.69, 9.17) is 0 Å². The monoisotopic (exact) mass is 253 g/mol. The summed E-state index contributed by atoms with van der Waals surface area (Å²) < 4.78 is 0. The number of hydrogen-bond donors (Lipinski definition) is 1. The van der Waals surface area contributed by atoms with Crippen LogP contribution in [0.5, 0.6) is 0 Å². The van der Waals surface area contributed by atoms with E-state index in [1.807, 2.05) is 18.5 Å². The molecule has 1 fully saturated rings. The van der Waals surface area contributed by atoms with E-state index in [0.717, 1.165) is 26.2 Å². The topological polar surface area (TPSA) is 28.2 Å². The van der Waals surface area contributed by atoms with Crippen molar-refractivity contribution in [3.8, 4) is 11.1 Å². The van der Waals surface area contributed by atoms with Crippen molar-refractivity contribution >= 4 is 5.69 Å². The van der Waals surface area contributed by atoms with E-state index in [2.05, 4.69) is 45.5 Å². The Labute approximate surface area is 114 Å². The van der Waals surface area contributed by atoms with Gasteiger partial charge in [0.05, 0.1) is 0 Å². The third-order valence-corrected chi connectivity index (χ3v) is 3.57. The van der Waals surface area contributed by atoms with Gasteiger partial charge in [0.15, 0.2) is 0 Å². The molecule has 0 atom stereocenters. The Kier molecular flexibility index (Phi) is 3.75. The summed E-state index contributed by atoms with van der Waals surface area (Å²) >= 11 is 0. The van der Waals surface area contributed by atoms with Gasteiger partial charge in [0.25, 0.3) is 0 Å². The summed E-state index contributed by atoms with van der Waals surface area (Å²) in [5, 5.41) is 3.43. The summed E-state index contributed by atoms with van der Waals surface area (Å²) in [6.45, 7) is 4.43. The fraction of sp³-hybridized carbons (Fsp3) is 0.312. The molecule has 1 N–H and O–H groups in total. The minimum atomic E-state index is 1.07. The minimum Gasteiger partial charge on any atom is -0.370 e. The predicted octanol–water partition coefficient (Wildman–Crippen LogP) is 2.55. The molecule has 0 spiro atoms. The molecule has 1 aliphatic rings. The lowest BCUT2D eigenvalue weighted by Crippen LogP contribution is -2.27. The van der Waals surface area contributed by atoms with Crippen molar-refractivity contribution in [1.29, 1.82) is 0 Å². The van der Waals surface area contributed by atoms with Gasteiger partial charge < -0.3 is 10.2 Å². The predicted molar refractivity (Wildman–Crippen MR) is 79.4 cm³/mol. The van der Waals surface area contributed by atoms with Crippen LogP contribution in [0, 0.1) is 0 Å². The van der Waals surface area contributed by atoms with Gasteiger partial charge in [-0.3, -0.25) is 4.98 Å². The smallest absolute Gasteiger partial charge is 0.0367 e. The fourth-order valence-corrected chi connectivity index (χ4v) is 2.50. The molecule has 0 bridgehead atoms. The van der Waals surface area contributed by atoms with Gasteiger partial charge in [-0.2, -0.15) is 0 Å². The van der Waals surface area contributed by atoms with Crippen LogP contribution in [-0.4, -0.2) is 31.2 Å². The summed E-state index contributed by atoms with van der Waals surface area (Å²) in [6, 6.07) is 12.9. The molecular formula is C16H19N3. The largest absolute Gasteiger partial charge is 0.370 e. The zero-order valence-electron chi connectivity index (χ0n) is 11.0. The van der Waals surface area contributed by atoms with Gasteiger partial charge in [-0.05, 0) is 42.3 Å². The molecule has 1 aromatic heterocycles. The summed E-state index contributed by atoms with van der Waals surface area (Å²) in [4.78, 5) is 6.62. The lowest BCUT2D eigenvalue weighted by atomic mass is 10.1. The van der Waals surface area contributed by atoms with Gasteiger partial charge >= 0.3 is 0 Å². The second-order valence-corrected chi connectivity index (χ2v) is 4.88. The van der Waals surface area contributed by atoms with E-state index in [1.165, 1.54) is 23.2 Å². The Morgan fingerprint density at radius 1 is 0.947 bits per heavy atom. The first kappa shape index (κ1) is 12.2. The third-order valence-electron chi connectivity index (χ3n) is 3.57. The van der Waals surface area contributed by atoms with Crippen LogP contribution in [0.2, 0.25) is 0 Å². The van der Waals surface area contributed by atoms with Crippen LogP contribution in [-0.2, 0) is 0 Å². The lowest BCUT2D eigenvalue weighted by molar-refractivity contribution is 0.724. The molecule has 1 saturated heterocycles. The van der Waals surface area contributed by atoms with Crippen molar-refractivity contribution in [3.63, 3.8) is 0 Å². The Balaban J connectivity index is 1.78. The number of benzene rings is 1. The van der Waals surface area contributed by atoms with Gasteiger partial charge in [0.1, 0.15) is 0 Å². The molecule has 0 aliphatic carbocycles. The highest BCUT2D eigenvalue weighted by Crippen LogP contribution is 2.22. The highest BCUT2D eigenvalue weighted by Gasteiger charge is 2.09. The molecule has 0 unspecified atom stereocenters. The van der Waals surface area contributed by atoms with Crippen LogP contribution >= 0.6 is 0 Å². The van der Waals surface area contributed by atoms with Gasteiger partial charge in [-0.25, -0.2) is 0 Å². The number of rotatable bonds is 2. The number of hydrogen-bond acceptors (Lipinski definition) is 3. The summed E-state index contributed by atoms with van der Waals surface area (Å²) in [5.74, 6) is 0. The molecule has 2 aromatic rings. The van der Waals surface area contributed by atoms with Gasteiger partial charge in [0.2, 0.25) is 0 Å². The zero-order valence-corrected chi connectivity index (χ0v) is 11.0. The maximum absolute atomic E-state index is 4.17. The second kappa shape index (κ2) is 5.85. The van der Waals surface area contributed by atoms with Crippen LogP contribution in [0.3, 0.4) is 0 Å². The van der Waals surface area contributed by atoms with Crippen molar-refractivity contribution in [3.05, 3.63) is 48.8 Å². The van der Waals surface area contributed by atoms with Gasteiger partial charge in [0, 0.05) is 37.7 Å². The van der Waals surface area contributed by atoms with Crippen molar-refractivity contribution < 1.29 is 0 Å². The van der Waals surface area contributed by atoms with Crippen LogP contribution in [0.25, 0.3) is 11.1 Å². The van der Waals surface area contributed by atoms with E-state index in [1.54, 1.807) is 0 Å². The number of aromatic nitrogens is 1. The first-order valence-corrected chi connectivity index (χ1v) is 6.89. The Bertz CT molecular complexity index is 499. The van der Waals surface area contributed by atoms with Crippen LogP contribution in [0.4, 0.5) is 5.69 Å². The number of nitrogens with one attached hydrogen (secondary N) is 1. The Morgan fingerprint density at radius 3 is 2.63 bits per heavy atom. The van der Waals surface area contributed by atoms with Gasteiger partial charge in [-0.15, -0.1) is 0 Å². The summed E-state index contributed by atoms with van der Waals surface area (Å²) in [7, 11) is 0. The highest BCUT2D eigenvalue weighted by atomic mass is 15.2. The van der Waals surface area contributed by atoms with Crippen LogP contribution in [0.1, 0.15) is 6.42 Å². The maximum Gasteiger partial charge on any atom is 0.0367 e. The molecule has 0 radical (unpaired) electrons. The standard InChI is InChI=1S/C16H19N3/c1-3-15(13-18-8-1)14-4-6-16(7-5-14)19-11-2-9-17-10-12-19/h1,3-8,13,17H,2,9-12H2. The van der Waals surface area contributed by atoms with E-state index < -0.39 is 0 Å². The SMILES string of the molecule is c1cncc(-c2ccc(N3CCCNCC3)cc2)c1. The third kappa shape index (κ3) is 2.93. The van der Waals surface area contributed by atoms with Crippen molar-refractivity contribution in [2.45, 2.75) is 6.42 Å². The quantitative estimate of drug-likeness (QED) is 0.891. The second-order valence-electron chi connectivity index (χ2n) is 4.88. The maximum atomic E-state index is 4.17. The van der Waals surface area contributed by atoms with E-state index in [0.29, 0.717) is 0 Å². The molecule has 3 heteroatoms. The summed E-state index contributed by atoms with van der Waals surface area (Å²) in [5.41, 5.74) is 3.72. The molecule has 2 heterocycles. The average molecular weight is 253 g/mol. The number of anilines is 1. The minimum absolute atomic E-state index is 1.07. The first-order chi connectivity index (χ1) is 9.43. The van der Waals surface area contributed by atoms with E-state index >= 15 is 0 Å². The fourth-order valence-electron chi connectivity index (χ4n) is 2.50. The average Bonchev–Trinajstić information content (AvgIpc) is 2.77. The molecule has 0 amide bonds. The molecule has 1 aromatic carbocycles. The normalized spacial score (nSPS) is 16.1. The van der Waals surface area contributed by atoms with Crippen molar-refractivity contribution in [1.82, 2.24) is 10.3 Å². The molecule has 3 nitrogen and oxygen atoms in total. The lowest BCUT2D eigenvalue weighted by Gasteiger charge is -2.22. The van der Waals surface area contributed by atoms with Crippen molar-refractivity contribution in [2.75, 3.05) is 31.1 Å². The Morgan fingerprint density at radius 2 is 1.84 bits per heavy atom. The first-order valence-electron chi connectivity index (χ1n) is 6.89. The molecular weight excluding hydrogens is 234 g/mol.